The zero-order valence-corrected chi connectivity index (χ0v) is 11.4. The number of aromatic nitrogens is 1. The lowest BCUT2D eigenvalue weighted by molar-refractivity contribution is -0.116. The highest BCUT2D eigenvalue weighted by Gasteiger charge is 2.05. The number of hydrogen-bond donors (Lipinski definition) is 2. The number of aliphatic hydroxyl groups excluding tert-OH is 1. The van der Waals surface area contributed by atoms with Crippen molar-refractivity contribution in [1.29, 1.82) is 0 Å². The second-order valence-electron chi connectivity index (χ2n) is 4.56. The molecule has 2 N–H and O–H groups in total. The van der Waals surface area contributed by atoms with Gasteiger partial charge in [-0.2, -0.15) is 0 Å². The van der Waals surface area contributed by atoms with Crippen LogP contribution in [0.15, 0.2) is 34.9 Å². The number of aliphatic hydroxyl groups is 1. The molecule has 0 saturated carbocycles. The summed E-state index contributed by atoms with van der Waals surface area (Å²) < 4.78 is 5.17. The van der Waals surface area contributed by atoms with Crippen LogP contribution in [0.2, 0.25) is 0 Å². The molecular formula is C15H18N2O3. The zero-order valence-electron chi connectivity index (χ0n) is 11.4. The van der Waals surface area contributed by atoms with Gasteiger partial charge in [0.2, 0.25) is 5.91 Å². The van der Waals surface area contributed by atoms with Gasteiger partial charge in [-0.3, -0.25) is 4.79 Å². The van der Waals surface area contributed by atoms with Crippen LogP contribution in [0.5, 0.6) is 0 Å². The summed E-state index contributed by atoms with van der Waals surface area (Å²) in [4.78, 5) is 15.9. The molecule has 1 amide bonds. The molecule has 2 aromatic rings. The van der Waals surface area contributed by atoms with Crippen molar-refractivity contribution in [2.75, 3.05) is 11.9 Å². The molecule has 0 bridgehead atoms. The first-order chi connectivity index (χ1) is 9.69. The number of anilines is 1. The smallest absolute Gasteiger partial charge is 0.224 e. The quantitative estimate of drug-likeness (QED) is 0.794. The largest absolute Gasteiger partial charge is 0.449 e. The summed E-state index contributed by atoms with van der Waals surface area (Å²) >= 11 is 0. The van der Waals surface area contributed by atoms with Crippen molar-refractivity contribution in [1.82, 2.24) is 4.98 Å². The molecule has 0 aliphatic heterocycles. The Hall–Kier alpha value is -2.14. The predicted octanol–water partition coefficient (Wildman–Crippen LogP) is 2.75. The molecule has 1 aromatic heterocycles. The summed E-state index contributed by atoms with van der Waals surface area (Å²) in [7, 11) is 0. The van der Waals surface area contributed by atoms with Gasteiger partial charge in [0.05, 0.1) is 0 Å². The summed E-state index contributed by atoms with van der Waals surface area (Å²) in [6.07, 6.45) is 3.37. The molecule has 1 heterocycles. The number of benzene rings is 1. The molecule has 1 aromatic carbocycles. The molecule has 0 fully saturated rings. The molecule has 2 rings (SSSR count). The third-order valence-corrected chi connectivity index (χ3v) is 2.90. The number of carbonyl (C=O) groups is 1. The van der Waals surface area contributed by atoms with Gasteiger partial charge in [-0.15, -0.1) is 0 Å². The topological polar surface area (TPSA) is 75.4 Å². The number of hydrogen-bond acceptors (Lipinski definition) is 4. The number of nitrogens with zero attached hydrogens (tertiary/aromatic N) is 1. The van der Waals surface area contributed by atoms with E-state index in [1.807, 2.05) is 24.3 Å². The number of oxazole rings is 1. The van der Waals surface area contributed by atoms with E-state index in [1.165, 1.54) is 0 Å². The molecule has 0 unspecified atom stereocenters. The molecule has 5 nitrogen and oxygen atoms in total. The number of carbonyl (C=O) groups excluding carboxylic acids is 1. The predicted molar refractivity (Wildman–Crippen MR) is 76.2 cm³/mol. The maximum atomic E-state index is 11.6. The summed E-state index contributed by atoms with van der Waals surface area (Å²) in [5.74, 6) is 0.588. The van der Waals surface area contributed by atoms with E-state index in [-0.39, 0.29) is 12.5 Å². The Morgan fingerprint density at radius 2 is 2.05 bits per heavy atom. The van der Waals surface area contributed by atoms with Gasteiger partial charge in [0.1, 0.15) is 12.0 Å². The fourth-order valence-electron chi connectivity index (χ4n) is 1.84. The van der Waals surface area contributed by atoms with Gasteiger partial charge >= 0.3 is 0 Å². The highest BCUT2D eigenvalue weighted by molar-refractivity contribution is 5.90. The molecule has 0 spiro atoms. The Labute approximate surface area is 117 Å². The summed E-state index contributed by atoms with van der Waals surface area (Å²) in [5, 5.41) is 11.5. The lowest BCUT2D eigenvalue weighted by atomic mass is 10.1. The molecule has 5 heteroatoms. The van der Waals surface area contributed by atoms with Gasteiger partial charge in [0.15, 0.2) is 5.89 Å². The first-order valence-corrected chi connectivity index (χ1v) is 6.62. The van der Waals surface area contributed by atoms with Crippen molar-refractivity contribution >= 4 is 11.6 Å². The normalized spacial score (nSPS) is 10.5. The van der Waals surface area contributed by atoms with E-state index in [0.29, 0.717) is 25.2 Å². The van der Waals surface area contributed by atoms with Crippen molar-refractivity contribution in [2.24, 2.45) is 0 Å². The van der Waals surface area contributed by atoms with Crippen LogP contribution in [0.3, 0.4) is 0 Å². The van der Waals surface area contributed by atoms with Gasteiger partial charge in [-0.05, 0) is 25.0 Å². The van der Waals surface area contributed by atoms with Crippen molar-refractivity contribution in [3.05, 3.63) is 36.4 Å². The van der Waals surface area contributed by atoms with Crippen LogP contribution < -0.4 is 5.32 Å². The van der Waals surface area contributed by atoms with Crippen molar-refractivity contribution in [3.8, 4) is 11.3 Å². The van der Waals surface area contributed by atoms with Gasteiger partial charge in [0.25, 0.3) is 0 Å². The van der Waals surface area contributed by atoms with E-state index in [4.69, 9.17) is 9.52 Å². The summed E-state index contributed by atoms with van der Waals surface area (Å²) in [6, 6.07) is 7.45. The first-order valence-electron chi connectivity index (χ1n) is 6.62. The summed E-state index contributed by atoms with van der Waals surface area (Å²) in [5.41, 5.74) is 2.48. The fourth-order valence-corrected chi connectivity index (χ4v) is 1.84. The van der Waals surface area contributed by atoms with Crippen LogP contribution in [0.1, 0.15) is 25.2 Å². The monoisotopic (exact) mass is 274 g/mol. The van der Waals surface area contributed by atoms with E-state index in [0.717, 1.165) is 16.9 Å². The van der Waals surface area contributed by atoms with Crippen LogP contribution in [0.25, 0.3) is 11.3 Å². The minimum atomic E-state index is -0.0384. The summed E-state index contributed by atoms with van der Waals surface area (Å²) in [6.45, 7) is 1.92. The standard InChI is InChI=1S/C15H18N2O3/c1-11-16-14(10-20-11)12-5-7-13(8-6-12)17-15(19)4-2-3-9-18/h5-8,10,18H,2-4,9H2,1H3,(H,17,19). The van der Waals surface area contributed by atoms with E-state index in [2.05, 4.69) is 10.3 Å². The van der Waals surface area contributed by atoms with Gasteiger partial charge in [-0.25, -0.2) is 4.98 Å². The van der Waals surface area contributed by atoms with Crippen molar-refractivity contribution < 1.29 is 14.3 Å². The molecular weight excluding hydrogens is 256 g/mol. The van der Waals surface area contributed by atoms with Crippen molar-refractivity contribution in [2.45, 2.75) is 26.2 Å². The van der Waals surface area contributed by atoms with Gasteiger partial charge < -0.3 is 14.8 Å². The average molecular weight is 274 g/mol. The first kappa shape index (κ1) is 14.3. The van der Waals surface area contributed by atoms with Gasteiger partial charge in [0, 0.05) is 31.2 Å². The molecule has 0 aliphatic rings. The number of amides is 1. The SMILES string of the molecule is Cc1nc(-c2ccc(NC(=O)CCCCO)cc2)co1. The Kier molecular flexibility index (Phi) is 4.90. The number of rotatable bonds is 6. The van der Waals surface area contributed by atoms with Crippen LogP contribution in [-0.4, -0.2) is 22.6 Å². The number of aryl methyl sites for hydroxylation is 1. The van der Waals surface area contributed by atoms with E-state index < -0.39 is 0 Å². The number of unbranched alkanes of at least 4 members (excludes halogenated alkanes) is 1. The lowest BCUT2D eigenvalue weighted by Crippen LogP contribution is -2.11. The highest BCUT2D eigenvalue weighted by atomic mass is 16.3. The van der Waals surface area contributed by atoms with Gasteiger partial charge in [-0.1, -0.05) is 12.1 Å². The molecule has 20 heavy (non-hydrogen) atoms. The van der Waals surface area contributed by atoms with Crippen molar-refractivity contribution in [3.63, 3.8) is 0 Å². The van der Waals surface area contributed by atoms with Crippen LogP contribution in [-0.2, 0) is 4.79 Å². The average Bonchev–Trinajstić information content (AvgIpc) is 2.86. The maximum absolute atomic E-state index is 11.6. The van der Waals surface area contributed by atoms with Crippen LogP contribution in [0, 0.1) is 6.92 Å². The number of nitrogens with one attached hydrogen (secondary N) is 1. The Balaban J connectivity index is 1.93. The second kappa shape index (κ2) is 6.86. The molecule has 0 atom stereocenters. The van der Waals surface area contributed by atoms with E-state index >= 15 is 0 Å². The third kappa shape index (κ3) is 3.93. The minimum absolute atomic E-state index is 0.0384. The Morgan fingerprint density at radius 3 is 2.65 bits per heavy atom. The third-order valence-electron chi connectivity index (χ3n) is 2.90. The lowest BCUT2D eigenvalue weighted by Gasteiger charge is -2.05. The minimum Gasteiger partial charge on any atom is -0.449 e. The Bertz CT molecular complexity index is 561. The molecule has 0 aliphatic carbocycles. The van der Waals surface area contributed by atoms with E-state index in [1.54, 1.807) is 13.2 Å². The van der Waals surface area contributed by atoms with E-state index in [9.17, 15) is 4.79 Å². The molecule has 0 radical (unpaired) electrons. The molecule has 0 saturated heterocycles. The fraction of sp³-hybridized carbons (Fsp3) is 0.333. The highest BCUT2D eigenvalue weighted by Crippen LogP contribution is 2.20. The molecule has 106 valence electrons. The van der Waals surface area contributed by atoms with Crippen LogP contribution in [0.4, 0.5) is 5.69 Å². The maximum Gasteiger partial charge on any atom is 0.224 e. The zero-order chi connectivity index (χ0) is 14.4. The van der Waals surface area contributed by atoms with Crippen LogP contribution >= 0.6 is 0 Å². The Morgan fingerprint density at radius 1 is 1.30 bits per heavy atom. The second-order valence-corrected chi connectivity index (χ2v) is 4.56.